The maximum absolute atomic E-state index is 12.5. The molecule has 3 atom stereocenters. The molecule has 1 saturated heterocycles. The maximum Gasteiger partial charge on any atom is 0.320 e. The number of hydrogen-bond acceptors (Lipinski definition) is 6. The number of amides is 2. The van der Waals surface area contributed by atoms with Gasteiger partial charge in [-0.25, -0.2) is 23.8 Å². The van der Waals surface area contributed by atoms with E-state index in [1.54, 1.807) is 12.1 Å². The lowest BCUT2D eigenvalue weighted by atomic mass is 10.1. The monoisotopic (exact) mass is 382 g/mol. The van der Waals surface area contributed by atoms with Crippen LogP contribution in [0, 0.1) is 4.78 Å². The van der Waals surface area contributed by atoms with Gasteiger partial charge in [0.15, 0.2) is 6.17 Å². The maximum atomic E-state index is 12.5. The van der Waals surface area contributed by atoms with E-state index in [4.69, 9.17) is 22.1 Å². The predicted molar refractivity (Wildman–Crippen MR) is 98.2 cm³/mol. The minimum Gasteiger partial charge on any atom is -0.385 e. The van der Waals surface area contributed by atoms with E-state index in [0.717, 1.165) is 5.56 Å². The number of halogens is 1. The quantitative estimate of drug-likeness (QED) is 0.734. The Hall–Kier alpha value is -2.13. The Balaban J connectivity index is 1.91. The molecule has 2 aliphatic rings. The number of nitrogens with two attached hydrogens (primary N) is 1. The molecule has 2 aliphatic heterocycles. The van der Waals surface area contributed by atoms with Crippen molar-refractivity contribution in [1.82, 2.24) is 10.2 Å². The van der Waals surface area contributed by atoms with E-state index in [9.17, 15) is 9.00 Å². The van der Waals surface area contributed by atoms with Crippen LogP contribution in [0.3, 0.4) is 0 Å². The molecule has 1 aromatic carbocycles. The molecule has 1 aromatic rings. The summed E-state index contributed by atoms with van der Waals surface area (Å²) in [6.07, 6.45) is -0.102. The van der Waals surface area contributed by atoms with Crippen molar-refractivity contribution in [3.8, 4) is 0 Å². The van der Waals surface area contributed by atoms with Gasteiger partial charge in [0.25, 0.3) is 0 Å². The van der Waals surface area contributed by atoms with Gasteiger partial charge in [-0.15, -0.1) is 0 Å². The average Bonchev–Trinajstić information content (AvgIpc) is 2.86. The van der Waals surface area contributed by atoms with E-state index in [-0.39, 0.29) is 22.8 Å². The summed E-state index contributed by atoms with van der Waals surface area (Å²) in [5, 5.41) is 3.25. The van der Waals surface area contributed by atoms with Gasteiger partial charge >= 0.3 is 6.03 Å². The fraction of sp³-hybridized carbons (Fsp3) is 0.400. The molecule has 10 heteroatoms. The van der Waals surface area contributed by atoms with Crippen molar-refractivity contribution in [1.29, 1.82) is 4.78 Å². The van der Waals surface area contributed by atoms with E-state index in [0.29, 0.717) is 18.0 Å². The summed E-state index contributed by atoms with van der Waals surface area (Å²) in [7, 11) is -3.13. The zero-order chi connectivity index (χ0) is 18.2. The third-order valence-corrected chi connectivity index (χ3v) is 6.02. The third-order valence-electron chi connectivity index (χ3n) is 4.00. The third kappa shape index (κ3) is 3.47. The standard InChI is InChI=1S/C15H19ClN6O2S/c1-2-7-25(18,24)14-20-12(17)11-13(21-14)22(15(23)19-11)8-9-3-5-10(16)6-4-9/h3-6,11,13,18H,2,7-8H2,1H3,(H,19,23)(H2,17,20,21). The van der Waals surface area contributed by atoms with Crippen molar-refractivity contribution in [2.24, 2.45) is 15.7 Å². The lowest BCUT2D eigenvalue weighted by Crippen LogP contribution is -2.48. The summed E-state index contributed by atoms with van der Waals surface area (Å²) in [4.78, 5) is 22.2. The van der Waals surface area contributed by atoms with E-state index in [1.165, 1.54) is 4.90 Å². The number of amidine groups is 2. The zero-order valence-corrected chi connectivity index (χ0v) is 15.2. The molecule has 0 saturated carbocycles. The summed E-state index contributed by atoms with van der Waals surface area (Å²) < 4.78 is 20.5. The van der Waals surface area contributed by atoms with Gasteiger partial charge in [0.1, 0.15) is 21.6 Å². The summed E-state index contributed by atoms with van der Waals surface area (Å²) in [5.41, 5.74) is 6.82. The van der Waals surface area contributed by atoms with Crippen molar-refractivity contribution in [3.05, 3.63) is 34.9 Å². The predicted octanol–water partition coefficient (Wildman–Crippen LogP) is 1.74. The van der Waals surface area contributed by atoms with Crippen LogP contribution < -0.4 is 11.1 Å². The first-order valence-corrected chi connectivity index (χ1v) is 9.92. The van der Waals surface area contributed by atoms with Gasteiger partial charge in [0, 0.05) is 17.3 Å². The molecule has 0 aliphatic carbocycles. The number of fused-ring (bicyclic) bond motifs is 1. The number of benzene rings is 1. The highest BCUT2D eigenvalue weighted by molar-refractivity contribution is 8.07. The summed E-state index contributed by atoms with van der Waals surface area (Å²) in [6.45, 7) is 2.13. The molecule has 8 nitrogen and oxygen atoms in total. The summed E-state index contributed by atoms with van der Waals surface area (Å²) in [5.74, 6) is 0.275. The van der Waals surface area contributed by atoms with Crippen LogP contribution >= 0.6 is 11.6 Å². The summed E-state index contributed by atoms with van der Waals surface area (Å²) in [6, 6.07) is 6.20. The normalized spacial score (nSPS) is 24.9. The number of nitrogens with one attached hydrogen (secondary N) is 2. The first-order chi connectivity index (χ1) is 11.8. The van der Waals surface area contributed by atoms with Crippen LogP contribution in [0.4, 0.5) is 4.79 Å². The number of aliphatic imine (C=N–C) groups is 2. The topological polar surface area (TPSA) is 124 Å². The molecule has 3 rings (SSSR count). The molecule has 3 unspecified atom stereocenters. The van der Waals surface area contributed by atoms with E-state index in [1.807, 2.05) is 19.1 Å². The first kappa shape index (κ1) is 17.7. The Morgan fingerprint density at radius 2 is 2.08 bits per heavy atom. The van der Waals surface area contributed by atoms with Gasteiger partial charge in [-0.2, -0.15) is 0 Å². The Labute approximate surface area is 151 Å². The second-order valence-corrected chi connectivity index (χ2v) is 8.48. The molecule has 25 heavy (non-hydrogen) atoms. The lowest BCUT2D eigenvalue weighted by Gasteiger charge is -2.26. The van der Waals surface area contributed by atoms with Crippen molar-refractivity contribution in [3.63, 3.8) is 0 Å². The van der Waals surface area contributed by atoms with Gasteiger partial charge < -0.3 is 11.1 Å². The molecule has 1 fully saturated rings. The number of hydrogen-bond donors (Lipinski definition) is 3. The van der Waals surface area contributed by atoms with Crippen LogP contribution in [0.1, 0.15) is 18.9 Å². The Kier molecular flexibility index (Phi) is 4.70. The van der Waals surface area contributed by atoms with Crippen LogP contribution in [0.25, 0.3) is 0 Å². The second kappa shape index (κ2) is 6.64. The number of nitrogens with zero attached hydrogens (tertiary/aromatic N) is 3. The van der Waals surface area contributed by atoms with Gasteiger partial charge in [-0.3, -0.25) is 4.90 Å². The van der Waals surface area contributed by atoms with Gasteiger partial charge in [0.2, 0.25) is 5.17 Å². The molecule has 134 valence electrons. The molecule has 0 spiro atoms. The van der Waals surface area contributed by atoms with Crippen LogP contribution in [0.2, 0.25) is 5.02 Å². The SMILES string of the molecule is CCCS(=N)(=O)C1=NC2C(NC(=O)N2Cc2ccc(Cl)cc2)C(N)=N1. The van der Waals surface area contributed by atoms with Crippen LogP contribution in [-0.4, -0.2) is 44.1 Å². The molecule has 0 aromatic heterocycles. The largest absolute Gasteiger partial charge is 0.385 e. The van der Waals surface area contributed by atoms with E-state index >= 15 is 0 Å². The lowest BCUT2D eigenvalue weighted by molar-refractivity contribution is 0.201. The van der Waals surface area contributed by atoms with Crippen LogP contribution in [0.15, 0.2) is 34.3 Å². The van der Waals surface area contributed by atoms with Crippen LogP contribution in [-0.2, 0) is 16.3 Å². The first-order valence-electron chi connectivity index (χ1n) is 7.82. The summed E-state index contributed by atoms with van der Waals surface area (Å²) >= 11 is 5.89. The molecular formula is C15H19ClN6O2S. The fourth-order valence-electron chi connectivity index (χ4n) is 2.77. The van der Waals surface area contributed by atoms with Crippen molar-refractivity contribution in [2.75, 3.05) is 5.75 Å². The number of rotatable bonds is 4. The molecule has 2 amide bonds. The number of urea groups is 1. The smallest absolute Gasteiger partial charge is 0.320 e. The van der Waals surface area contributed by atoms with E-state index in [2.05, 4.69) is 15.3 Å². The minimum atomic E-state index is -3.13. The van der Waals surface area contributed by atoms with Gasteiger partial charge in [0.05, 0.1) is 0 Å². The van der Waals surface area contributed by atoms with Gasteiger partial charge in [-0.05, 0) is 24.1 Å². The average molecular weight is 383 g/mol. The van der Waals surface area contributed by atoms with Crippen molar-refractivity contribution < 1.29 is 9.00 Å². The molecule has 0 radical (unpaired) electrons. The second-order valence-electron chi connectivity index (χ2n) is 5.92. The number of carbonyl (C=O) groups excluding carboxylic acids is 1. The van der Waals surface area contributed by atoms with Crippen LogP contribution in [0.5, 0.6) is 0 Å². The fourth-order valence-corrected chi connectivity index (χ4v) is 4.19. The number of carbonyl (C=O) groups is 1. The van der Waals surface area contributed by atoms with Crippen molar-refractivity contribution in [2.45, 2.75) is 32.1 Å². The Morgan fingerprint density at radius 3 is 2.72 bits per heavy atom. The molecule has 2 heterocycles. The highest BCUT2D eigenvalue weighted by Crippen LogP contribution is 2.23. The molecular weight excluding hydrogens is 364 g/mol. The van der Waals surface area contributed by atoms with Crippen molar-refractivity contribution >= 4 is 38.4 Å². The highest BCUT2D eigenvalue weighted by Gasteiger charge is 2.44. The van der Waals surface area contributed by atoms with Gasteiger partial charge in [-0.1, -0.05) is 30.7 Å². The van der Waals surface area contributed by atoms with E-state index < -0.39 is 21.9 Å². The minimum absolute atomic E-state index is 0.0919. The Bertz CT molecular complexity index is 849. The highest BCUT2D eigenvalue weighted by atomic mass is 35.5. The zero-order valence-electron chi connectivity index (χ0n) is 13.6. The Morgan fingerprint density at radius 1 is 1.40 bits per heavy atom. The molecule has 4 N–H and O–H groups in total. The molecule has 0 bridgehead atoms.